The number of fused-ring (bicyclic) bond motifs is 3. The summed E-state index contributed by atoms with van der Waals surface area (Å²) in [6, 6.07) is 11.8. The van der Waals surface area contributed by atoms with Gasteiger partial charge in [0.1, 0.15) is 11.6 Å². The molecule has 6 nitrogen and oxygen atoms in total. The number of benzene rings is 2. The molecular weight excluding hydrogens is 417 g/mol. The van der Waals surface area contributed by atoms with Gasteiger partial charge in [-0.15, -0.1) is 10.2 Å². The minimum absolute atomic E-state index is 0.125. The van der Waals surface area contributed by atoms with E-state index in [-0.39, 0.29) is 11.8 Å². The molecule has 31 heavy (non-hydrogen) atoms. The number of piperidine rings is 1. The van der Waals surface area contributed by atoms with Crippen molar-refractivity contribution in [1.29, 1.82) is 0 Å². The number of amides is 1. The van der Waals surface area contributed by atoms with E-state index in [9.17, 15) is 9.18 Å². The maximum atomic E-state index is 13.5. The predicted molar refractivity (Wildman–Crippen MR) is 116 cm³/mol. The van der Waals surface area contributed by atoms with Gasteiger partial charge in [-0.05, 0) is 61.9 Å². The first kappa shape index (κ1) is 20.2. The summed E-state index contributed by atoms with van der Waals surface area (Å²) in [7, 11) is 2.06. The topological polar surface area (TPSA) is 54.3 Å². The number of halogens is 2. The van der Waals surface area contributed by atoms with Gasteiger partial charge in [-0.1, -0.05) is 17.7 Å². The maximum Gasteiger partial charge on any atom is 0.253 e. The highest BCUT2D eigenvalue weighted by atomic mass is 35.5. The van der Waals surface area contributed by atoms with E-state index in [4.69, 9.17) is 11.6 Å². The van der Waals surface area contributed by atoms with Crippen LogP contribution in [0.4, 0.5) is 4.39 Å². The smallest absolute Gasteiger partial charge is 0.253 e. The van der Waals surface area contributed by atoms with Crippen LogP contribution in [0.5, 0.6) is 0 Å². The Morgan fingerprint density at radius 1 is 1.10 bits per heavy atom. The van der Waals surface area contributed by atoms with Crippen LogP contribution in [0.15, 0.2) is 42.5 Å². The molecule has 0 saturated carbocycles. The zero-order valence-electron chi connectivity index (χ0n) is 17.3. The maximum absolute atomic E-state index is 13.5. The molecule has 1 fully saturated rings. The number of carbonyl (C=O) groups excluding carboxylic acids is 1. The van der Waals surface area contributed by atoms with E-state index in [1.165, 1.54) is 12.1 Å². The number of likely N-dealkylation sites (tertiary alicyclic amines) is 1. The van der Waals surface area contributed by atoms with Crippen LogP contribution in [0.3, 0.4) is 0 Å². The molecule has 0 N–H and O–H groups in total. The van der Waals surface area contributed by atoms with E-state index < -0.39 is 5.82 Å². The summed E-state index contributed by atoms with van der Waals surface area (Å²) < 4.78 is 15.7. The van der Waals surface area contributed by atoms with E-state index in [1.54, 1.807) is 17.0 Å². The van der Waals surface area contributed by atoms with Crippen LogP contribution < -0.4 is 0 Å². The molecule has 8 heteroatoms. The fourth-order valence-corrected chi connectivity index (χ4v) is 4.79. The number of aromatic nitrogens is 3. The molecule has 0 atom stereocenters. The summed E-state index contributed by atoms with van der Waals surface area (Å²) in [6.45, 7) is 2.71. The number of carbonyl (C=O) groups is 1. The van der Waals surface area contributed by atoms with Gasteiger partial charge < -0.3 is 4.90 Å². The van der Waals surface area contributed by atoms with Gasteiger partial charge in [0.15, 0.2) is 5.82 Å². The molecule has 2 aromatic carbocycles. The lowest BCUT2D eigenvalue weighted by Crippen LogP contribution is -2.38. The largest absolute Gasteiger partial charge is 0.339 e. The molecule has 2 aliphatic heterocycles. The predicted octanol–water partition coefficient (Wildman–Crippen LogP) is 4.03. The van der Waals surface area contributed by atoms with Crippen molar-refractivity contribution in [3.63, 3.8) is 0 Å². The Hall–Kier alpha value is -2.77. The van der Waals surface area contributed by atoms with Gasteiger partial charge in [0.05, 0.1) is 12.2 Å². The highest BCUT2D eigenvalue weighted by molar-refractivity contribution is 6.30. The van der Waals surface area contributed by atoms with Gasteiger partial charge in [0.2, 0.25) is 0 Å². The van der Waals surface area contributed by atoms with E-state index in [2.05, 4.69) is 26.7 Å². The van der Waals surface area contributed by atoms with Crippen LogP contribution in [0.2, 0.25) is 5.02 Å². The van der Waals surface area contributed by atoms with E-state index in [0.29, 0.717) is 25.2 Å². The van der Waals surface area contributed by atoms with Crippen molar-refractivity contribution in [2.24, 2.45) is 0 Å². The highest BCUT2D eigenvalue weighted by Crippen LogP contribution is 2.33. The molecular formula is C23H23ClFN5O. The Bertz CT molecular complexity index is 1140. The van der Waals surface area contributed by atoms with Crippen molar-refractivity contribution in [2.75, 3.05) is 20.1 Å². The second-order valence-electron chi connectivity index (χ2n) is 8.33. The molecule has 2 aliphatic rings. The lowest BCUT2D eigenvalue weighted by molar-refractivity contribution is 0.0710. The first-order chi connectivity index (χ1) is 15.0. The lowest BCUT2D eigenvalue weighted by Gasteiger charge is -2.32. The van der Waals surface area contributed by atoms with Crippen molar-refractivity contribution >= 4 is 17.5 Å². The molecule has 0 aliphatic carbocycles. The summed E-state index contributed by atoms with van der Waals surface area (Å²) in [5, 5.41) is 9.77. The molecule has 3 aromatic rings. The van der Waals surface area contributed by atoms with Crippen molar-refractivity contribution in [3.05, 3.63) is 76.1 Å². The second kappa shape index (κ2) is 8.05. The Morgan fingerprint density at radius 2 is 1.90 bits per heavy atom. The van der Waals surface area contributed by atoms with E-state index in [1.807, 2.05) is 18.2 Å². The first-order valence-electron chi connectivity index (χ1n) is 10.5. The zero-order chi connectivity index (χ0) is 21.5. The molecule has 160 valence electrons. The van der Waals surface area contributed by atoms with Gasteiger partial charge in [-0.25, -0.2) is 4.39 Å². The summed E-state index contributed by atoms with van der Waals surface area (Å²) in [4.78, 5) is 16.8. The third-order valence-corrected chi connectivity index (χ3v) is 6.34. The fraction of sp³-hybridized carbons (Fsp3) is 0.348. The van der Waals surface area contributed by atoms with Gasteiger partial charge in [0.25, 0.3) is 5.91 Å². The van der Waals surface area contributed by atoms with Crippen LogP contribution >= 0.6 is 11.6 Å². The lowest BCUT2D eigenvalue weighted by atomic mass is 9.95. The standard InChI is InChI=1S/C23H23ClFN5O/c1-28-13-17-11-18(24)5-6-20(17)30-21(14-28)26-27-22(30)15-7-9-29(10-8-15)23(31)16-3-2-4-19(25)12-16/h2-6,11-12,15H,7-10,13-14H2,1H3. The van der Waals surface area contributed by atoms with Crippen LogP contribution in [0, 0.1) is 5.82 Å². The third kappa shape index (κ3) is 3.83. The minimum atomic E-state index is -0.393. The molecule has 0 bridgehead atoms. The zero-order valence-corrected chi connectivity index (χ0v) is 18.0. The molecule has 0 radical (unpaired) electrons. The Labute approximate surface area is 185 Å². The molecule has 1 saturated heterocycles. The second-order valence-corrected chi connectivity index (χ2v) is 8.77. The Morgan fingerprint density at radius 3 is 2.68 bits per heavy atom. The van der Waals surface area contributed by atoms with E-state index >= 15 is 0 Å². The summed E-state index contributed by atoms with van der Waals surface area (Å²) in [6.07, 6.45) is 1.58. The van der Waals surface area contributed by atoms with Crippen molar-refractivity contribution < 1.29 is 9.18 Å². The minimum Gasteiger partial charge on any atom is -0.339 e. The quantitative estimate of drug-likeness (QED) is 0.605. The van der Waals surface area contributed by atoms with Crippen molar-refractivity contribution in [3.8, 4) is 5.69 Å². The number of hydrogen-bond acceptors (Lipinski definition) is 4. The SMILES string of the molecule is CN1Cc2cc(Cl)ccc2-n2c(nnc2C2CCN(C(=O)c3cccc(F)c3)CC2)C1. The fourth-order valence-electron chi connectivity index (χ4n) is 4.59. The van der Waals surface area contributed by atoms with Gasteiger partial charge in [-0.3, -0.25) is 14.3 Å². The molecule has 0 spiro atoms. The van der Waals surface area contributed by atoms with Crippen molar-refractivity contribution in [1.82, 2.24) is 24.6 Å². The molecule has 3 heterocycles. The molecule has 5 rings (SSSR count). The summed E-state index contributed by atoms with van der Waals surface area (Å²) >= 11 is 6.25. The Balaban J connectivity index is 1.39. The van der Waals surface area contributed by atoms with Gasteiger partial charge in [0, 0.05) is 36.1 Å². The molecule has 0 unspecified atom stereocenters. The normalized spacial score (nSPS) is 17.2. The van der Waals surface area contributed by atoms with Gasteiger partial charge in [-0.2, -0.15) is 0 Å². The first-order valence-corrected chi connectivity index (χ1v) is 10.8. The molecule has 1 amide bonds. The van der Waals surface area contributed by atoms with Gasteiger partial charge >= 0.3 is 0 Å². The number of rotatable bonds is 2. The van der Waals surface area contributed by atoms with Crippen LogP contribution in [0.25, 0.3) is 5.69 Å². The summed E-state index contributed by atoms with van der Waals surface area (Å²) in [5.41, 5.74) is 2.61. The molecule has 1 aromatic heterocycles. The number of nitrogens with zero attached hydrogens (tertiary/aromatic N) is 5. The monoisotopic (exact) mass is 439 g/mol. The number of hydrogen-bond donors (Lipinski definition) is 0. The van der Waals surface area contributed by atoms with Crippen molar-refractivity contribution in [2.45, 2.75) is 31.8 Å². The highest BCUT2D eigenvalue weighted by Gasteiger charge is 2.31. The van der Waals surface area contributed by atoms with E-state index in [0.717, 1.165) is 47.3 Å². The van der Waals surface area contributed by atoms with Crippen LogP contribution in [-0.2, 0) is 13.1 Å². The van der Waals surface area contributed by atoms with Crippen LogP contribution in [-0.4, -0.2) is 50.6 Å². The average Bonchev–Trinajstić information content (AvgIpc) is 3.10. The average molecular weight is 440 g/mol. The Kier molecular flexibility index (Phi) is 5.24. The summed E-state index contributed by atoms with van der Waals surface area (Å²) in [5.74, 6) is 1.53. The third-order valence-electron chi connectivity index (χ3n) is 6.11. The van der Waals surface area contributed by atoms with Crippen LogP contribution in [0.1, 0.15) is 46.3 Å².